The van der Waals surface area contributed by atoms with Crippen molar-refractivity contribution >= 4 is 28.3 Å². The minimum atomic E-state index is 0.297. The van der Waals surface area contributed by atoms with E-state index in [1.165, 1.54) is 12.4 Å². The van der Waals surface area contributed by atoms with Crippen LogP contribution < -0.4 is 10.5 Å². The molecule has 2 N–H and O–H groups in total. The first kappa shape index (κ1) is 10.2. The molecule has 0 unspecified atom stereocenters. The highest BCUT2D eigenvalue weighted by Gasteiger charge is 1.99. The Balaban J connectivity index is 2.18. The lowest BCUT2D eigenvalue weighted by molar-refractivity contribution is 0.442. The van der Waals surface area contributed by atoms with Crippen LogP contribution in [0, 0.1) is 3.57 Å². The number of halogens is 1. The minimum Gasteiger partial charge on any atom is -0.424 e. The van der Waals surface area contributed by atoms with Gasteiger partial charge in [-0.1, -0.05) is 6.07 Å². The van der Waals surface area contributed by atoms with Gasteiger partial charge in [0.2, 0.25) is 0 Å². The van der Waals surface area contributed by atoms with Gasteiger partial charge in [-0.15, -0.1) is 0 Å². The molecule has 4 nitrogen and oxygen atoms in total. The van der Waals surface area contributed by atoms with Crippen LogP contribution in [-0.4, -0.2) is 9.97 Å². The van der Waals surface area contributed by atoms with Gasteiger partial charge in [-0.05, 0) is 40.8 Å². The van der Waals surface area contributed by atoms with Crippen molar-refractivity contribution in [3.05, 3.63) is 40.2 Å². The fourth-order valence-electron chi connectivity index (χ4n) is 1.01. The first-order valence-corrected chi connectivity index (χ1v) is 5.33. The Morgan fingerprint density at radius 3 is 2.60 bits per heavy atom. The number of benzene rings is 1. The smallest absolute Gasteiger partial charge is 0.322 e. The summed E-state index contributed by atoms with van der Waals surface area (Å²) in [4.78, 5) is 7.88. The maximum Gasteiger partial charge on any atom is 0.322 e. The van der Waals surface area contributed by atoms with E-state index < -0.39 is 0 Å². The summed E-state index contributed by atoms with van der Waals surface area (Å²) in [6.07, 6.45) is 3.02. The van der Waals surface area contributed by atoms with Gasteiger partial charge in [0.05, 0.1) is 18.1 Å². The van der Waals surface area contributed by atoms with Crippen molar-refractivity contribution in [3.8, 4) is 11.8 Å². The zero-order chi connectivity index (χ0) is 10.7. The maximum absolute atomic E-state index is 5.46. The summed E-state index contributed by atoms with van der Waals surface area (Å²) in [5.41, 5.74) is 5.98. The number of ether oxygens (including phenoxy) is 1. The lowest BCUT2D eigenvalue weighted by Crippen LogP contribution is -1.93. The van der Waals surface area contributed by atoms with Crippen molar-refractivity contribution in [2.75, 3.05) is 5.73 Å². The molecule has 76 valence electrons. The van der Waals surface area contributed by atoms with E-state index in [1.54, 1.807) is 0 Å². The van der Waals surface area contributed by atoms with Crippen molar-refractivity contribution in [2.24, 2.45) is 0 Å². The van der Waals surface area contributed by atoms with Gasteiger partial charge in [-0.25, -0.2) is 9.97 Å². The van der Waals surface area contributed by atoms with Gasteiger partial charge in [-0.2, -0.15) is 0 Å². The average molecular weight is 313 g/mol. The van der Waals surface area contributed by atoms with E-state index in [9.17, 15) is 0 Å². The Labute approximate surface area is 101 Å². The highest BCUT2D eigenvalue weighted by molar-refractivity contribution is 14.1. The number of nitrogens with zero attached hydrogens (tertiary/aromatic N) is 2. The average Bonchev–Trinajstić information content (AvgIpc) is 2.22. The van der Waals surface area contributed by atoms with Gasteiger partial charge in [-0.3, -0.25) is 0 Å². The summed E-state index contributed by atoms with van der Waals surface area (Å²) >= 11 is 2.21. The molecule has 5 heteroatoms. The Morgan fingerprint density at radius 1 is 1.20 bits per heavy atom. The van der Waals surface area contributed by atoms with Crippen LogP contribution in [0.25, 0.3) is 0 Å². The van der Waals surface area contributed by atoms with Crippen LogP contribution in [-0.2, 0) is 0 Å². The first-order chi connectivity index (χ1) is 7.24. The third-order valence-electron chi connectivity index (χ3n) is 1.65. The van der Waals surface area contributed by atoms with Gasteiger partial charge < -0.3 is 10.5 Å². The molecule has 1 heterocycles. The van der Waals surface area contributed by atoms with Crippen molar-refractivity contribution in [2.45, 2.75) is 0 Å². The Hall–Kier alpha value is -1.37. The molecule has 2 aromatic rings. The third-order valence-corrected chi connectivity index (χ3v) is 2.32. The predicted octanol–water partition coefficient (Wildman–Crippen LogP) is 2.46. The molecule has 15 heavy (non-hydrogen) atoms. The number of rotatable bonds is 2. The fraction of sp³-hybridized carbons (Fsp3) is 0. The second kappa shape index (κ2) is 4.43. The topological polar surface area (TPSA) is 61.0 Å². The summed E-state index contributed by atoms with van der Waals surface area (Å²) in [7, 11) is 0. The van der Waals surface area contributed by atoms with Gasteiger partial charge in [0.25, 0.3) is 0 Å². The number of aromatic nitrogens is 2. The molecule has 1 aromatic carbocycles. The summed E-state index contributed by atoms with van der Waals surface area (Å²) in [5.74, 6) is 0.715. The summed E-state index contributed by atoms with van der Waals surface area (Å²) in [6, 6.07) is 7.94. The van der Waals surface area contributed by atoms with Crippen molar-refractivity contribution in [1.29, 1.82) is 0 Å². The maximum atomic E-state index is 5.46. The Morgan fingerprint density at radius 2 is 1.93 bits per heavy atom. The zero-order valence-electron chi connectivity index (χ0n) is 7.72. The normalized spacial score (nSPS) is 9.93. The van der Waals surface area contributed by atoms with Crippen LogP contribution in [0.1, 0.15) is 0 Å². The number of nitrogen functional groups attached to an aromatic ring is 1. The van der Waals surface area contributed by atoms with E-state index in [1.807, 2.05) is 24.3 Å². The number of nitrogens with two attached hydrogens (primary N) is 1. The monoisotopic (exact) mass is 313 g/mol. The van der Waals surface area contributed by atoms with Crippen molar-refractivity contribution in [1.82, 2.24) is 9.97 Å². The first-order valence-electron chi connectivity index (χ1n) is 4.25. The van der Waals surface area contributed by atoms with Crippen LogP contribution in [0.5, 0.6) is 11.8 Å². The lowest BCUT2D eigenvalue weighted by Gasteiger charge is -2.03. The van der Waals surface area contributed by atoms with E-state index >= 15 is 0 Å². The highest BCUT2D eigenvalue weighted by atomic mass is 127. The zero-order valence-corrected chi connectivity index (χ0v) is 9.88. The van der Waals surface area contributed by atoms with Crippen LogP contribution >= 0.6 is 22.6 Å². The lowest BCUT2D eigenvalue weighted by atomic mass is 10.3. The molecule has 0 saturated heterocycles. The van der Waals surface area contributed by atoms with Crippen LogP contribution in [0.3, 0.4) is 0 Å². The quantitative estimate of drug-likeness (QED) is 0.865. The number of hydrogen-bond acceptors (Lipinski definition) is 4. The molecule has 1 aromatic heterocycles. The molecular formula is C10H8IN3O. The fourth-order valence-corrected chi connectivity index (χ4v) is 1.53. The van der Waals surface area contributed by atoms with Gasteiger partial charge >= 0.3 is 6.01 Å². The minimum absolute atomic E-state index is 0.297. The van der Waals surface area contributed by atoms with Crippen molar-refractivity contribution in [3.63, 3.8) is 0 Å². The molecule has 2 rings (SSSR count). The molecule has 0 atom stereocenters. The second-order valence-electron chi connectivity index (χ2n) is 2.86. The van der Waals surface area contributed by atoms with Crippen molar-refractivity contribution < 1.29 is 4.74 Å². The summed E-state index contributed by atoms with van der Waals surface area (Å²) in [5, 5.41) is 0. The summed E-state index contributed by atoms with van der Waals surface area (Å²) in [6.45, 7) is 0. The molecule has 0 fully saturated rings. The van der Waals surface area contributed by atoms with E-state index in [-0.39, 0.29) is 0 Å². The molecule has 0 bridgehead atoms. The van der Waals surface area contributed by atoms with Gasteiger partial charge in [0.15, 0.2) is 0 Å². The molecule has 0 amide bonds. The standard InChI is InChI=1S/C10H8IN3O/c11-7-2-1-3-9(4-7)15-10-13-5-8(12)6-14-10/h1-6H,12H2. The summed E-state index contributed by atoms with van der Waals surface area (Å²) < 4.78 is 6.53. The second-order valence-corrected chi connectivity index (χ2v) is 4.10. The van der Waals surface area contributed by atoms with Crippen LogP contribution in [0.15, 0.2) is 36.7 Å². The van der Waals surface area contributed by atoms with Crippen LogP contribution in [0.2, 0.25) is 0 Å². The van der Waals surface area contributed by atoms with E-state index in [0.717, 1.165) is 3.57 Å². The van der Waals surface area contributed by atoms with E-state index in [4.69, 9.17) is 10.5 Å². The molecule has 0 aliphatic heterocycles. The predicted molar refractivity (Wildman–Crippen MR) is 65.7 cm³/mol. The number of anilines is 1. The van der Waals surface area contributed by atoms with Gasteiger partial charge in [0.1, 0.15) is 5.75 Å². The van der Waals surface area contributed by atoms with Crippen LogP contribution in [0.4, 0.5) is 5.69 Å². The molecule has 0 aliphatic carbocycles. The largest absolute Gasteiger partial charge is 0.424 e. The molecule has 0 aliphatic rings. The van der Waals surface area contributed by atoms with E-state index in [0.29, 0.717) is 17.4 Å². The van der Waals surface area contributed by atoms with E-state index in [2.05, 4.69) is 32.6 Å². The molecule has 0 radical (unpaired) electrons. The Bertz CT molecular complexity index is 458. The van der Waals surface area contributed by atoms with Gasteiger partial charge in [0, 0.05) is 3.57 Å². The SMILES string of the molecule is Nc1cnc(Oc2cccc(I)c2)nc1. The number of hydrogen-bond donors (Lipinski definition) is 1. The third kappa shape index (κ3) is 2.79. The Kier molecular flexibility index (Phi) is 3.00. The highest BCUT2D eigenvalue weighted by Crippen LogP contribution is 2.19. The molecule has 0 spiro atoms. The molecular weight excluding hydrogens is 305 g/mol. The molecule has 0 saturated carbocycles.